The summed E-state index contributed by atoms with van der Waals surface area (Å²) >= 11 is 0. The van der Waals surface area contributed by atoms with Crippen LogP contribution in [0.1, 0.15) is 28.9 Å². The standard InChI is InChI=1S/C19H21N3O4/c1-3-20-19(25)22-17(23)16(13-7-5-4-6-8-13)21-15-11-9-14(10-12-15)18(24)26-2/h4-12,16,21H,3H2,1-2H3,(H2,20,22,23,25)/t16-/m1/s1. The normalized spacial score (nSPS) is 11.2. The van der Waals surface area contributed by atoms with Gasteiger partial charge in [-0.25, -0.2) is 9.59 Å². The maximum Gasteiger partial charge on any atom is 0.337 e. The maximum atomic E-state index is 12.5. The number of hydrogen-bond donors (Lipinski definition) is 3. The van der Waals surface area contributed by atoms with Crippen LogP contribution in [0.15, 0.2) is 54.6 Å². The zero-order valence-corrected chi connectivity index (χ0v) is 14.6. The summed E-state index contributed by atoms with van der Waals surface area (Å²) in [5, 5.41) is 7.92. The van der Waals surface area contributed by atoms with E-state index in [1.54, 1.807) is 43.3 Å². The van der Waals surface area contributed by atoms with Gasteiger partial charge in [0.15, 0.2) is 0 Å². The molecule has 2 aromatic rings. The number of carbonyl (C=O) groups excluding carboxylic acids is 3. The van der Waals surface area contributed by atoms with Crippen molar-refractivity contribution in [3.05, 3.63) is 65.7 Å². The summed E-state index contributed by atoms with van der Waals surface area (Å²) in [6, 6.07) is 14.2. The van der Waals surface area contributed by atoms with Crippen LogP contribution < -0.4 is 16.0 Å². The molecule has 3 N–H and O–H groups in total. The van der Waals surface area contributed by atoms with Crippen molar-refractivity contribution in [2.45, 2.75) is 13.0 Å². The van der Waals surface area contributed by atoms with Gasteiger partial charge in [-0.05, 0) is 36.8 Å². The Morgan fingerprint density at radius 1 is 1.00 bits per heavy atom. The zero-order chi connectivity index (χ0) is 18.9. The van der Waals surface area contributed by atoms with Crippen molar-refractivity contribution in [1.29, 1.82) is 0 Å². The van der Waals surface area contributed by atoms with Crippen LogP contribution in [0.5, 0.6) is 0 Å². The van der Waals surface area contributed by atoms with Crippen molar-refractivity contribution in [3.63, 3.8) is 0 Å². The van der Waals surface area contributed by atoms with Crippen LogP contribution >= 0.6 is 0 Å². The van der Waals surface area contributed by atoms with Gasteiger partial charge in [0.1, 0.15) is 6.04 Å². The average Bonchev–Trinajstić information content (AvgIpc) is 2.66. The molecule has 0 radical (unpaired) electrons. The third-order valence-corrected chi connectivity index (χ3v) is 3.59. The first-order chi connectivity index (χ1) is 12.5. The molecule has 0 saturated carbocycles. The van der Waals surface area contributed by atoms with E-state index >= 15 is 0 Å². The maximum absolute atomic E-state index is 12.5. The van der Waals surface area contributed by atoms with Gasteiger partial charge in [0.2, 0.25) is 0 Å². The molecule has 7 nitrogen and oxygen atoms in total. The van der Waals surface area contributed by atoms with Crippen LogP contribution in [0.4, 0.5) is 10.5 Å². The smallest absolute Gasteiger partial charge is 0.337 e. The molecule has 0 unspecified atom stereocenters. The lowest BCUT2D eigenvalue weighted by molar-refractivity contribution is -0.120. The molecule has 3 amide bonds. The number of methoxy groups -OCH3 is 1. The number of amides is 3. The Labute approximate surface area is 151 Å². The number of anilines is 1. The van der Waals surface area contributed by atoms with Crippen LogP contribution in [0, 0.1) is 0 Å². The van der Waals surface area contributed by atoms with E-state index in [1.807, 2.05) is 18.2 Å². The predicted molar refractivity (Wildman–Crippen MR) is 97.8 cm³/mol. The third kappa shape index (κ3) is 5.07. The van der Waals surface area contributed by atoms with Gasteiger partial charge in [0, 0.05) is 12.2 Å². The van der Waals surface area contributed by atoms with Crippen LogP contribution in [0.2, 0.25) is 0 Å². The molecule has 0 fully saturated rings. The summed E-state index contributed by atoms with van der Waals surface area (Å²) in [5.41, 5.74) is 1.73. The highest BCUT2D eigenvalue weighted by molar-refractivity contribution is 5.98. The third-order valence-electron chi connectivity index (χ3n) is 3.59. The lowest BCUT2D eigenvalue weighted by atomic mass is 10.1. The number of esters is 1. The molecule has 0 saturated heterocycles. The number of carbonyl (C=O) groups is 3. The second-order valence-electron chi connectivity index (χ2n) is 5.41. The zero-order valence-electron chi connectivity index (χ0n) is 14.6. The second kappa shape index (κ2) is 9.22. The molecule has 7 heteroatoms. The Morgan fingerprint density at radius 3 is 2.23 bits per heavy atom. The molecule has 2 rings (SSSR count). The summed E-state index contributed by atoms with van der Waals surface area (Å²) in [6.07, 6.45) is 0. The molecular formula is C19H21N3O4. The Bertz CT molecular complexity index is 760. The molecule has 0 aromatic heterocycles. The van der Waals surface area contributed by atoms with Crippen molar-refractivity contribution >= 4 is 23.6 Å². The van der Waals surface area contributed by atoms with Gasteiger partial charge in [-0.15, -0.1) is 0 Å². The Kier molecular flexibility index (Phi) is 6.73. The highest BCUT2D eigenvalue weighted by Gasteiger charge is 2.22. The van der Waals surface area contributed by atoms with Crippen LogP contribution in [-0.4, -0.2) is 31.6 Å². The molecule has 0 heterocycles. The number of nitrogens with one attached hydrogen (secondary N) is 3. The topological polar surface area (TPSA) is 96.5 Å². The number of imide groups is 1. The number of rotatable bonds is 6. The van der Waals surface area contributed by atoms with E-state index in [4.69, 9.17) is 0 Å². The van der Waals surface area contributed by atoms with Crippen molar-refractivity contribution in [2.24, 2.45) is 0 Å². The number of ether oxygens (including phenoxy) is 1. The van der Waals surface area contributed by atoms with Gasteiger partial charge in [-0.3, -0.25) is 10.1 Å². The first-order valence-electron chi connectivity index (χ1n) is 8.13. The molecule has 0 spiro atoms. The Balaban J connectivity index is 2.20. The molecule has 0 aliphatic carbocycles. The van der Waals surface area contributed by atoms with E-state index in [9.17, 15) is 14.4 Å². The average molecular weight is 355 g/mol. The van der Waals surface area contributed by atoms with Gasteiger partial charge in [-0.1, -0.05) is 30.3 Å². The first kappa shape index (κ1) is 19.0. The molecular weight excluding hydrogens is 334 g/mol. The van der Waals surface area contributed by atoms with E-state index in [1.165, 1.54) is 7.11 Å². The van der Waals surface area contributed by atoms with Crippen LogP contribution in [-0.2, 0) is 9.53 Å². The summed E-state index contributed by atoms with van der Waals surface area (Å²) in [7, 11) is 1.31. The minimum Gasteiger partial charge on any atom is -0.465 e. The molecule has 0 aliphatic heterocycles. The Morgan fingerprint density at radius 2 is 1.65 bits per heavy atom. The van der Waals surface area contributed by atoms with Gasteiger partial charge >= 0.3 is 12.0 Å². The van der Waals surface area contributed by atoms with Crippen LogP contribution in [0.25, 0.3) is 0 Å². The van der Waals surface area contributed by atoms with E-state index in [-0.39, 0.29) is 0 Å². The van der Waals surface area contributed by atoms with Crippen molar-refractivity contribution in [3.8, 4) is 0 Å². The molecule has 0 aliphatic rings. The van der Waals surface area contributed by atoms with E-state index in [2.05, 4.69) is 20.7 Å². The van der Waals surface area contributed by atoms with E-state index in [0.717, 1.165) is 0 Å². The molecule has 1 atom stereocenters. The quantitative estimate of drug-likeness (QED) is 0.692. The molecule has 26 heavy (non-hydrogen) atoms. The minimum absolute atomic E-state index is 0.404. The summed E-state index contributed by atoms with van der Waals surface area (Å²) in [6.45, 7) is 2.18. The lowest BCUT2D eigenvalue weighted by Crippen LogP contribution is -2.43. The van der Waals surface area contributed by atoms with Gasteiger partial charge in [0.05, 0.1) is 12.7 Å². The summed E-state index contributed by atoms with van der Waals surface area (Å²) in [5.74, 6) is -0.927. The van der Waals surface area contributed by atoms with Crippen LogP contribution in [0.3, 0.4) is 0 Å². The van der Waals surface area contributed by atoms with E-state index in [0.29, 0.717) is 23.4 Å². The largest absolute Gasteiger partial charge is 0.465 e. The van der Waals surface area contributed by atoms with Crippen molar-refractivity contribution in [2.75, 3.05) is 19.0 Å². The number of hydrogen-bond acceptors (Lipinski definition) is 5. The van der Waals surface area contributed by atoms with Crippen molar-refractivity contribution in [1.82, 2.24) is 10.6 Å². The fraction of sp³-hybridized carbons (Fsp3) is 0.211. The first-order valence-corrected chi connectivity index (χ1v) is 8.13. The molecule has 136 valence electrons. The SMILES string of the molecule is CCNC(=O)NC(=O)[C@H](Nc1ccc(C(=O)OC)cc1)c1ccccc1. The van der Waals surface area contributed by atoms with Gasteiger partial charge in [0.25, 0.3) is 5.91 Å². The second-order valence-corrected chi connectivity index (χ2v) is 5.41. The fourth-order valence-electron chi connectivity index (χ4n) is 2.32. The van der Waals surface area contributed by atoms with Crippen molar-refractivity contribution < 1.29 is 19.1 Å². The molecule has 0 bridgehead atoms. The highest BCUT2D eigenvalue weighted by atomic mass is 16.5. The Hall–Kier alpha value is -3.35. The summed E-state index contributed by atoms with van der Waals surface area (Å²) < 4.78 is 4.66. The molecule has 2 aromatic carbocycles. The number of benzene rings is 2. The monoisotopic (exact) mass is 355 g/mol. The highest BCUT2D eigenvalue weighted by Crippen LogP contribution is 2.20. The predicted octanol–water partition coefficient (Wildman–Crippen LogP) is 2.47. The summed E-state index contributed by atoms with van der Waals surface area (Å²) in [4.78, 5) is 35.7. The number of urea groups is 1. The van der Waals surface area contributed by atoms with Gasteiger partial charge < -0.3 is 15.4 Å². The van der Waals surface area contributed by atoms with E-state index < -0.39 is 23.9 Å². The minimum atomic E-state index is -0.775. The fourth-order valence-corrected chi connectivity index (χ4v) is 2.32. The lowest BCUT2D eigenvalue weighted by Gasteiger charge is -2.19. The van der Waals surface area contributed by atoms with Gasteiger partial charge in [-0.2, -0.15) is 0 Å².